The number of aromatic amines is 1. The molecule has 0 saturated carbocycles. The molecular formula is C14H17N7O3. The van der Waals surface area contributed by atoms with Crippen molar-refractivity contribution in [2.24, 2.45) is 5.92 Å². The summed E-state index contributed by atoms with van der Waals surface area (Å²) in [6.07, 6.45) is 3.21. The lowest BCUT2D eigenvalue weighted by molar-refractivity contribution is 0.0916. The Kier molecular flexibility index (Phi) is 4.36. The molecule has 0 radical (unpaired) electrons. The Labute approximate surface area is 137 Å². The first-order chi connectivity index (χ1) is 11.5. The Bertz CT molecular complexity index is 806. The van der Waals surface area contributed by atoms with Crippen molar-refractivity contribution in [1.82, 2.24) is 35.6 Å². The van der Waals surface area contributed by atoms with Crippen LogP contribution in [0.3, 0.4) is 0 Å². The number of aryl methyl sites for hydroxylation is 1. The number of hydrogen-bond donors (Lipinski definition) is 2. The molecule has 1 amide bonds. The van der Waals surface area contributed by atoms with E-state index in [1.807, 2.05) is 13.8 Å². The number of nitrogens with one attached hydrogen (secondary N) is 2. The zero-order valence-electron chi connectivity index (χ0n) is 13.5. The van der Waals surface area contributed by atoms with E-state index >= 15 is 0 Å². The summed E-state index contributed by atoms with van der Waals surface area (Å²) in [7, 11) is 0. The van der Waals surface area contributed by atoms with Gasteiger partial charge in [-0.3, -0.25) is 9.89 Å². The molecule has 0 aliphatic carbocycles. The standard InChI is InChI=1S/C14H17N7O3/c1-7(2)4-9(18-13(22)10-8(3)23-6-16-10)14-19-12(21-24-14)11-15-5-17-20-11/h5-7,9H,4H2,1-3H3,(H,18,22)(H,15,17,20)/t9-/m1/s1. The van der Waals surface area contributed by atoms with Gasteiger partial charge in [-0.2, -0.15) is 10.1 Å². The van der Waals surface area contributed by atoms with Crippen molar-refractivity contribution in [2.45, 2.75) is 33.2 Å². The molecule has 2 N–H and O–H groups in total. The topological polar surface area (TPSA) is 136 Å². The van der Waals surface area contributed by atoms with E-state index in [1.54, 1.807) is 6.92 Å². The number of oxazole rings is 1. The first kappa shape index (κ1) is 15.8. The zero-order valence-corrected chi connectivity index (χ0v) is 13.5. The van der Waals surface area contributed by atoms with Crippen LogP contribution in [0, 0.1) is 12.8 Å². The Balaban J connectivity index is 1.81. The quantitative estimate of drug-likeness (QED) is 0.696. The van der Waals surface area contributed by atoms with E-state index in [-0.39, 0.29) is 17.4 Å². The van der Waals surface area contributed by atoms with E-state index < -0.39 is 6.04 Å². The summed E-state index contributed by atoms with van der Waals surface area (Å²) < 4.78 is 10.4. The van der Waals surface area contributed by atoms with Gasteiger partial charge in [0.25, 0.3) is 5.91 Å². The van der Waals surface area contributed by atoms with Gasteiger partial charge in [0.2, 0.25) is 11.7 Å². The van der Waals surface area contributed by atoms with E-state index in [0.29, 0.717) is 29.8 Å². The van der Waals surface area contributed by atoms with Gasteiger partial charge < -0.3 is 14.3 Å². The van der Waals surface area contributed by atoms with Gasteiger partial charge in [-0.05, 0) is 19.3 Å². The minimum Gasteiger partial charge on any atom is -0.448 e. The average Bonchev–Trinajstić information content (AvgIpc) is 3.27. The average molecular weight is 331 g/mol. The number of nitrogens with zero attached hydrogens (tertiary/aromatic N) is 5. The fraction of sp³-hybridized carbons (Fsp3) is 0.429. The Morgan fingerprint density at radius 2 is 2.21 bits per heavy atom. The molecule has 3 aromatic heterocycles. The van der Waals surface area contributed by atoms with Crippen LogP contribution in [-0.4, -0.2) is 36.2 Å². The van der Waals surface area contributed by atoms with E-state index in [9.17, 15) is 4.79 Å². The highest BCUT2D eigenvalue weighted by molar-refractivity contribution is 5.93. The highest BCUT2D eigenvalue weighted by Gasteiger charge is 2.25. The van der Waals surface area contributed by atoms with Gasteiger partial charge in [-0.1, -0.05) is 19.0 Å². The lowest BCUT2D eigenvalue weighted by Gasteiger charge is -2.16. The Hall–Kier alpha value is -3.04. The SMILES string of the molecule is Cc1ocnc1C(=O)N[C@H](CC(C)C)c1nc(-c2ncn[nH]2)no1. The number of carbonyl (C=O) groups is 1. The van der Waals surface area contributed by atoms with Gasteiger partial charge in [0, 0.05) is 0 Å². The summed E-state index contributed by atoms with van der Waals surface area (Å²) >= 11 is 0. The van der Waals surface area contributed by atoms with Crippen molar-refractivity contribution in [1.29, 1.82) is 0 Å². The Morgan fingerprint density at radius 3 is 2.83 bits per heavy atom. The maximum absolute atomic E-state index is 12.4. The molecule has 0 unspecified atom stereocenters. The molecule has 1 atom stereocenters. The van der Waals surface area contributed by atoms with Crippen LogP contribution < -0.4 is 5.32 Å². The van der Waals surface area contributed by atoms with Crippen LogP contribution in [0.5, 0.6) is 0 Å². The number of hydrogen-bond acceptors (Lipinski definition) is 8. The first-order valence-corrected chi connectivity index (χ1v) is 7.45. The molecule has 0 fully saturated rings. The maximum atomic E-state index is 12.4. The maximum Gasteiger partial charge on any atom is 0.274 e. The molecule has 3 aromatic rings. The van der Waals surface area contributed by atoms with Crippen LogP contribution in [0.2, 0.25) is 0 Å². The summed E-state index contributed by atoms with van der Waals surface area (Å²) in [5, 5.41) is 13.1. The van der Waals surface area contributed by atoms with Crippen LogP contribution in [0.15, 0.2) is 21.7 Å². The second-order valence-electron chi connectivity index (χ2n) is 5.70. The number of aromatic nitrogens is 6. The van der Waals surface area contributed by atoms with Crippen LogP contribution in [0.4, 0.5) is 0 Å². The molecule has 0 aliphatic rings. The predicted octanol–water partition coefficient (Wildman–Crippen LogP) is 1.67. The molecule has 0 saturated heterocycles. The van der Waals surface area contributed by atoms with Gasteiger partial charge >= 0.3 is 0 Å². The second kappa shape index (κ2) is 6.60. The van der Waals surface area contributed by atoms with E-state index in [2.05, 4.69) is 35.6 Å². The molecule has 10 nitrogen and oxygen atoms in total. The van der Waals surface area contributed by atoms with Gasteiger partial charge in [0.1, 0.15) is 18.1 Å². The Morgan fingerprint density at radius 1 is 1.38 bits per heavy atom. The second-order valence-corrected chi connectivity index (χ2v) is 5.70. The van der Waals surface area contributed by atoms with Gasteiger partial charge in [0.15, 0.2) is 17.9 Å². The third-order valence-electron chi connectivity index (χ3n) is 3.34. The smallest absolute Gasteiger partial charge is 0.274 e. The van der Waals surface area contributed by atoms with Gasteiger partial charge in [-0.15, -0.1) is 0 Å². The van der Waals surface area contributed by atoms with Crippen molar-refractivity contribution < 1.29 is 13.7 Å². The van der Waals surface area contributed by atoms with Crippen molar-refractivity contribution in [3.05, 3.63) is 30.1 Å². The number of carbonyl (C=O) groups excluding carboxylic acids is 1. The zero-order chi connectivity index (χ0) is 17.1. The molecule has 0 aromatic carbocycles. The lowest BCUT2D eigenvalue weighted by atomic mass is 10.0. The monoisotopic (exact) mass is 331 g/mol. The normalized spacial score (nSPS) is 12.5. The third kappa shape index (κ3) is 3.31. The first-order valence-electron chi connectivity index (χ1n) is 7.45. The number of H-pyrrole nitrogens is 1. The van der Waals surface area contributed by atoms with Crippen LogP contribution in [-0.2, 0) is 0 Å². The van der Waals surface area contributed by atoms with Crippen molar-refractivity contribution in [2.75, 3.05) is 0 Å². The highest BCUT2D eigenvalue weighted by Crippen LogP contribution is 2.22. The molecular weight excluding hydrogens is 314 g/mol. The summed E-state index contributed by atoms with van der Waals surface area (Å²) in [5.74, 6) is 1.36. The summed E-state index contributed by atoms with van der Waals surface area (Å²) in [6, 6.07) is -0.447. The summed E-state index contributed by atoms with van der Waals surface area (Å²) in [4.78, 5) is 24.6. The molecule has 3 rings (SSSR count). The van der Waals surface area contributed by atoms with Crippen LogP contribution in [0.25, 0.3) is 11.6 Å². The fourth-order valence-electron chi connectivity index (χ4n) is 2.23. The van der Waals surface area contributed by atoms with Crippen molar-refractivity contribution in [3.8, 4) is 11.6 Å². The van der Waals surface area contributed by atoms with E-state index in [4.69, 9.17) is 8.94 Å². The van der Waals surface area contributed by atoms with Crippen molar-refractivity contribution >= 4 is 5.91 Å². The minimum atomic E-state index is -0.447. The molecule has 24 heavy (non-hydrogen) atoms. The molecule has 0 spiro atoms. The molecule has 126 valence electrons. The van der Waals surface area contributed by atoms with Crippen LogP contribution >= 0.6 is 0 Å². The largest absolute Gasteiger partial charge is 0.448 e. The number of rotatable bonds is 6. The van der Waals surface area contributed by atoms with Gasteiger partial charge in [-0.25, -0.2) is 9.97 Å². The fourth-order valence-corrected chi connectivity index (χ4v) is 2.23. The van der Waals surface area contributed by atoms with Gasteiger partial charge in [0.05, 0.1) is 0 Å². The van der Waals surface area contributed by atoms with E-state index in [0.717, 1.165) is 0 Å². The molecule has 3 heterocycles. The molecule has 0 aliphatic heterocycles. The third-order valence-corrected chi connectivity index (χ3v) is 3.34. The minimum absolute atomic E-state index is 0.235. The van der Waals surface area contributed by atoms with E-state index in [1.165, 1.54) is 12.7 Å². The molecule has 10 heteroatoms. The molecule has 0 bridgehead atoms. The lowest BCUT2D eigenvalue weighted by Crippen LogP contribution is -2.30. The summed E-state index contributed by atoms with van der Waals surface area (Å²) in [5.41, 5.74) is 0.235. The summed E-state index contributed by atoms with van der Waals surface area (Å²) in [6.45, 7) is 5.75. The highest BCUT2D eigenvalue weighted by atomic mass is 16.5. The van der Waals surface area contributed by atoms with Crippen molar-refractivity contribution in [3.63, 3.8) is 0 Å². The van der Waals surface area contributed by atoms with Crippen LogP contribution in [0.1, 0.15) is 48.4 Å². The predicted molar refractivity (Wildman–Crippen MR) is 80.6 cm³/mol. The number of amides is 1.